The molecule has 0 saturated carbocycles. The van der Waals surface area contributed by atoms with Gasteiger partial charge in [0.25, 0.3) is 0 Å². The summed E-state index contributed by atoms with van der Waals surface area (Å²) in [5.41, 5.74) is 1.73. The van der Waals surface area contributed by atoms with Crippen LogP contribution in [-0.2, 0) is 25.8 Å². The molecule has 6 nitrogen and oxygen atoms in total. The smallest absolute Gasteiger partial charge is 0.237 e. The van der Waals surface area contributed by atoms with Gasteiger partial charge in [0, 0.05) is 17.9 Å². The van der Waals surface area contributed by atoms with Gasteiger partial charge >= 0.3 is 0 Å². The lowest BCUT2D eigenvalue weighted by Crippen LogP contribution is -2.28. The molecule has 148 valence electrons. The van der Waals surface area contributed by atoms with Gasteiger partial charge in [0.05, 0.1) is 21.6 Å². The van der Waals surface area contributed by atoms with Crippen molar-refractivity contribution in [2.45, 2.75) is 34.8 Å². The molecular weight excluding hydrogens is 396 g/mol. The van der Waals surface area contributed by atoms with Gasteiger partial charge in [0.2, 0.25) is 11.8 Å². The van der Waals surface area contributed by atoms with E-state index in [0.29, 0.717) is 18.7 Å². The molecule has 2 amide bonds. The van der Waals surface area contributed by atoms with Crippen molar-refractivity contribution in [3.63, 3.8) is 0 Å². The predicted octanol–water partition coefficient (Wildman–Crippen LogP) is 2.64. The van der Waals surface area contributed by atoms with Crippen LogP contribution in [0.4, 0.5) is 5.69 Å². The Hall–Kier alpha value is -2.32. The van der Waals surface area contributed by atoms with Crippen LogP contribution in [0.25, 0.3) is 0 Å². The normalized spacial score (nSPS) is 16.2. The van der Waals surface area contributed by atoms with Gasteiger partial charge in [-0.2, -0.15) is 0 Å². The Morgan fingerprint density at radius 1 is 1.18 bits per heavy atom. The molecule has 1 unspecified atom stereocenters. The molecule has 2 aromatic rings. The van der Waals surface area contributed by atoms with E-state index in [4.69, 9.17) is 0 Å². The summed E-state index contributed by atoms with van der Waals surface area (Å²) in [7, 11) is -3.58. The molecule has 0 fully saturated rings. The van der Waals surface area contributed by atoms with Crippen molar-refractivity contribution in [3.05, 3.63) is 54.1 Å². The number of amides is 2. The molecule has 28 heavy (non-hydrogen) atoms. The highest BCUT2D eigenvalue weighted by molar-refractivity contribution is 8.01. The van der Waals surface area contributed by atoms with Gasteiger partial charge in [0.15, 0.2) is 9.84 Å². The van der Waals surface area contributed by atoms with E-state index < -0.39 is 9.84 Å². The monoisotopic (exact) mass is 418 g/mol. The summed E-state index contributed by atoms with van der Waals surface area (Å²) in [5, 5.41) is 5.24. The molecule has 1 aliphatic rings. The Morgan fingerprint density at radius 2 is 1.93 bits per heavy atom. The van der Waals surface area contributed by atoms with Gasteiger partial charge in [-0.15, -0.1) is 11.8 Å². The lowest BCUT2D eigenvalue weighted by Gasteiger charge is -2.21. The molecular formula is C20H22N2O4S2. The Bertz CT molecular complexity index is 975. The Kier molecular flexibility index (Phi) is 6.41. The number of carbonyl (C=O) groups excluding carboxylic acids is 2. The fraction of sp³-hybridized carbons (Fsp3) is 0.300. The molecule has 0 bridgehead atoms. The molecule has 2 N–H and O–H groups in total. The number of anilines is 1. The van der Waals surface area contributed by atoms with Crippen LogP contribution in [0.1, 0.15) is 18.9 Å². The van der Waals surface area contributed by atoms with Crippen LogP contribution in [0, 0.1) is 0 Å². The first-order valence-corrected chi connectivity index (χ1v) is 11.5. The van der Waals surface area contributed by atoms with Crippen molar-refractivity contribution < 1.29 is 18.0 Å². The van der Waals surface area contributed by atoms with Crippen LogP contribution >= 0.6 is 11.8 Å². The maximum atomic E-state index is 12.6. The third-order valence-electron chi connectivity index (χ3n) is 4.42. The predicted molar refractivity (Wildman–Crippen MR) is 110 cm³/mol. The van der Waals surface area contributed by atoms with Crippen molar-refractivity contribution >= 4 is 39.1 Å². The summed E-state index contributed by atoms with van der Waals surface area (Å²) < 4.78 is 25.2. The molecule has 0 aliphatic carbocycles. The summed E-state index contributed by atoms with van der Waals surface area (Å²) in [6.45, 7) is 2.24. The minimum Gasteiger partial charge on any atom is -0.356 e. The molecule has 1 atom stereocenters. The largest absolute Gasteiger partial charge is 0.356 e. The van der Waals surface area contributed by atoms with E-state index >= 15 is 0 Å². The Balaban J connectivity index is 1.54. The topological polar surface area (TPSA) is 92.3 Å². The Labute approximate surface area is 169 Å². The number of fused-ring (bicyclic) bond motifs is 1. The highest BCUT2D eigenvalue weighted by Gasteiger charge is 2.25. The maximum Gasteiger partial charge on any atom is 0.237 e. The lowest BCUT2D eigenvalue weighted by molar-refractivity contribution is -0.120. The molecule has 8 heteroatoms. The number of thioether (sulfide) groups is 1. The van der Waals surface area contributed by atoms with E-state index in [2.05, 4.69) is 10.6 Å². The summed E-state index contributed by atoms with van der Waals surface area (Å²) in [4.78, 5) is 24.6. The average Bonchev–Trinajstić information content (AvgIpc) is 2.68. The molecule has 3 rings (SSSR count). The lowest BCUT2D eigenvalue weighted by atomic mass is 10.1. The van der Waals surface area contributed by atoms with E-state index in [-0.39, 0.29) is 34.1 Å². The van der Waals surface area contributed by atoms with E-state index in [1.807, 2.05) is 30.3 Å². The highest BCUT2D eigenvalue weighted by Crippen LogP contribution is 2.37. The molecule has 0 saturated heterocycles. The first-order valence-electron chi connectivity index (χ1n) is 9.00. The first kappa shape index (κ1) is 20.4. The number of carbonyl (C=O) groups is 2. The number of hydrogen-bond donors (Lipinski definition) is 2. The van der Waals surface area contributed by atoms with Crippen molar-refractivity contribution in [1.29, 1.82) is 0 Å². The van der Waals surface area contributed by atoms with Crippen LogP contribution in [0.3, 0.4) is 0 Å². The molecule has 1 heterocycles. The van der Waals surface area contributed by atoms with Crippen molar-refractivity contribution in [2.75, 3.05) is 17.6 Å². The third kappa shape index (κ3) is 5.14. The SMILES string of the molecule is CC1Sc2cc(S(=O)(=O)CCC(=O)NCCc3ccccc3)ccc2NC1=O. The van der Waals surface area contributed by atoms with Crippen LogP contribution in [0.2, 0.25) is 0 Å². The summed E-state index contributed by atoms with van der Waals surface area (Å²) in [6.07, 6.45) is 0.611. The standard InChI is InChI=1S/C20H22N2O4S2/c1-14-20(24)22-17-8-7-16(13-18(17)27-14)28(25,26)12-10-19(23)21-11-9-15-5-3-2-4-6-15/h2-8,13-14H,9-12H2,1H3,(H,21,23)(H,22,24). The second-order valence-corrected chi connectivity index (χ2v) is 10.1. The van der Waals surface area contributed by atoms with Gasteiger partial charge in [-0.25, -0.2) is 8.42 Å². The van der Waals surface area contributed by atoms with Gasteiger partial charge in [0.1, 0.15) is 0 Å². The highest BCUT2D eigenvalue weighted by atomic mass is 32.2. The number of sulfone groups is 1. The molecule has 1 aliphatic heterocycles. The molecule has 0 radical (unpaired) electrons. The van der Waals surface area contributed by atoms with Crippen LogP contribution in [0.5, 0.6) is 0 Å². The van der Waals surface area contributed by atoms with Gasteiger partial charge in [-0.05, 0) is 37.1 Å². The van der Waals surface area contributed by atoms with Gasteiger partial charge < -0.3 is 10.6 Å². The number of benzene rings is 2. The average molecular weight is 419 g/mol. The van der Waals surface area contributed by atoms with Crippen molar-refractivity contribution in [1.82, 2.24) is 5.32 Å². The number of nitrogens with one attached hydrogen (secondary N) is 2. The maximum absolute atomic E-state index is 12.6. The van der Waals surface area contributed by atoms with E-state index in [1.54, 1.807) is 19.1 Å². The van der Waals surface area contributed by atoms with Crippen LogP contribution in [-0.4, -0.2) is 37.8 Å². The fourth-order valence-corrected chi connectivity index (χ4v) is 5.12. The van der Waals surface area contributed by atoms with Crippen molar-refractivity contribution in [2.24, 2.45) is 0 Å². The second-order valence-electron chi connectivity index (χ2n) is 6.56. The van der Waals surface area contributed by atoms with Gasteiger partial charge in [-0.1, -0.05) is 30.3 Å². The minimum absolute atomic E-state index is 0.0888. The van der Waals surface area contributed by atoms with Gasteiger partial charge in [-0.3, -0.25) is 9.59 Å². The van der Waals surface area contributed by atoms with E-state index in [0.717, 1.165) is 10.5 Å². The second kappa shape index (κ2) is 8.79. The molecule has 0 aromatic heterocycles. The zero-order valence-electron chi connectivity index (χ0n) is 15.5. The molecule has 2 aromatic carbocycles. The summed E-state index contributed by atoms with van der Waals surface area (Å²) in [6, 6.07) is 14.4. The zero-order chi connectivity index (χ0) is 20.1. The van der Waals surface area contributed by atoms with Crippen LogP contribution in [0.15, 0.2) is 58.3 Å². The Morgan fingerprint density at radius 3 is 2.68 bits per heavy atom. The van der Waals surface area contributed by atoms with E-state index in [1.165, 1.54) is 17.8 Å². The quantitative estimate of drug-likeness (QED) is 0.721. The van der Waals surface area contributed by atoms with Crippen molar-refractivity contribution in [3.8, 4) is 0 Å². The fourth-order valence-electron chi connectivity index (χ4n) is 2.80. The number of rotatable bonds is 7. The zero-order valence-corrected chi connectivity index (χ0v) is 17.1. The van der Waals surface area contributed by atoms with E-state index in [9.17, 15) is 18.0 Å². The van der Waals surface area contributed by atoms with Crippen LogP contribution < -0.4 is 10.6 Å². The summed E-state index contributed by atoms with van der Waals surface area (Å²) >= 11 is 1.33. The molecule has 0 spiro atoms. The third-order valence-corrected chi connectivity index (χ3v) is 7.29. The minimum atomic E-state index is -3.58. The summed E-state index contributed by atoms with van der Waals surface area (Å²) in [5.74, 6) is -0.636. The number of hydrogen-bond acceptors (Lipinski definition) is 5. The first-order chi connectivity index (χ1) is 13.3.